The van der Waals surface area contributed by atoms with Crippen LogP contribution in [0.4, 0.5) is 4.79 Å². The molecule has 0 spiro atoms. The van der Waals surface area contributed by atoms with Crippen LogP contribution in [0.5, 0.6) is 0 Å². The molecule has 1 amide bonds. The van der Waals surface area contributed by atoms with Crippen molar-refractivity contribution >= 4 is 23.4 Å². The molecule has 0 aliphatic carbocycles. The first-order valence-electron chi connectivity index (χ1n) is 8.62. The molecule has 0 fully saturated rings. The largest absolute Gasteiger partial charge is 0.461 e. The number of aryl methyl sites for hydroxylation is 1. The number of nitrogens with zero attached hydrogens (tertiary/aromatic N) is 2. The number of ether oxygens (including phenoxy) is 2. The van der Waals surface area contributed by atoms with Gasteiger partial charge in [-0.15, -0.1) is 11.3 Å². The van der Waals surface area contributed by atoms with Gasteiger partial charge >= 0.3 is 12.1 Å². The van der Waals surface area contributed by atoms with Crippen molar-refractivity contribution in [1.82, 2.24) is 9.88 Å². The lowest BCUT2D eigenvalue weighted by Crippen LogP contribution is -2.43. The van der Waals surface area contributed by atoms with E-state index in [0.717, 1.165) is 11.4 Å². The Morgan fingerprint density at radius 2 is 1.96 bits per heavy atom. The van der Waals surface area contributed by atoms with Gasteiger partial charge in [0, 0.05) is 24.9 Å². The molecule has 142 valence electrons. The molecule has 1 aromatic heterocycles. The quantitative estimate of drug-likeness (QED) is 0.675. The van der Waals surface area contributed by atoms with Gasteiger partial charge in [0.25, 0.3) is 0 Å². The van der Waals surface area contributed by atoms with Crippen molar-refractivity contribution in [2.45, 2.75) is 66.0 Å². The summed E-state index contributed by atoms with van der Waals surface area (Å²) in [6, 6.07) is 0.0322. The zero-order valence-electron chi connectivity index (χ0n) is 16.3. The number of hydrogen-bond acceptors (Lipinski definition) is 6. The first kappa shape index (κ1) is 21.4. The first-order chi connectivity index (χ1) is 11.5. The van der Waals surface area contributed by atoms with Crippen molar-refractivity contribution in [2.75, 3.05) is 13.7 Å². The fourth-order valence-electron chi connectivity index (χ4n) is 2.44. The summed E-state index contributed by atoms with van der Waals surface area (Å²) in [6.45, 7) is 11.8. The molecule has 0 radical (unpaired) electrons. The molecule has 0 bridgehead atoms. The molecular weight excluding hydrogens is 340 g/mol. The molecule has 0 aliphatic rings. The van der Waals surface area contributed by atoms with Gasteiger partial charge in [0.1, 0.15) is 5.60 Å². The van der Waals surface area contributed by atoms with Crippen LogP contribution >= 0.6 is 11.3 Å². The summed E-state index contributed by atoms with van der Waals surface area (Å²) < 4.78 is 10.4. The molecule has 1 atom stereocenters. The maximum Gasteiger partial charge on any atom is 0.410 e. The van der Waals surface area contributed by atoms with Gasteiger partial charge < -0.3 is 14.4 Å². The van der Waals surface area contributed by atoms with Crippen molar-refractivity contribution in [1.29, 1.82) is 0 Å². The summed E-state index contributed by atoms with van der Waals surface area (Å²) >= 11 is 1.44. The Hall–Kier alpha value is -1.63. The van der Waals surface area contributed by atoms with Crippen LogP contribution in [0.25, 0.3) is 0 Å². The van der Waals surface area contributed by atoms with E-state index in [9.17, 15) is 9.59 Å². The summed E-state index contributed by atoms with van der Waals surface area (Å²) in [5.74, 6) is -0.113. The van der Waals surface area contributed by atoms with E-state index < -0.39 is 11.6 Å². The molecule has 0 saturated carbocycles. The van der Waals surface area contributed by atoms with Crippen LogP contribution in [-0.4, -0.2) is 47.2 Å². The van der Waals surface area contributed by atoms with Crippen molar-refractivity contribution in [2.24, 2.45) is 5.92 Å². The fourth-order valence-corrected chi connectivity index (χ4v) is 3.22. The van der Waals surface area contributed by atoms with Gasteiger partial charge in [0.15, 0.2) is 5.69 Å². The zero-order valence-corrected chi connectivity index (χ0v) is 17.1. The molecule has 0 aromatic carbocycles. The van der Waals surface area contributed by atoms with Crippen LogP contribution in [0.1, 0.15) is 63.5 Å². The van der Waals surface area contributed by atoms with Gasteiger partial charge in [0.2, 0.25) is 0 Å². The topological polar surface area (TPSA) is 68.7 Å². The molecule has 1 heterocycles. The minimum absolute atomic E-state index is 0.0322. The number of carbonyl (C=O) groups excluding carboxylic acids is 2. The van der Waals surface area contributed by atoms with Crippen LogP contribution in [0, 0.1) is 5.92 Å². The van der Waals surface area contributed by atoms with E-state index in [1.54, 1.807) is 24.3 Å². The number of aromatic nitrogens is 1. The summed E-state index contributed by atoms with van der Waals surface area (Å²) in [7, 11) is 1.77. The third kappa shape index (κ3) is 7.02. The molecule has 0 aliphatic heterocycles. The minimum atomic E-state index is -0.517. The maximum atomic E-state index is 12.3. The highest BCUT2D eigenvalue weighted by atomic mass is 32.1. The molecule has 6 nitrogen and oxygen atoms in total. The Morgan fingerprint density at radius 1 is 1.32 bits per heavy atom. The zero-order chi connectivity index (χ0) is 19.2. The lowest BCUT2D eigenvalue weighted by atomic mass is 9.98. The Kier molecular flexibility index (Phi) is 7.86. The normalized spacial score (nSPS) is 12.8. The van der Waals surface area contributed by atoms with E-state index in [2.05, 4.69) is 18.8 Å². The van der Waals surface area contributed by atoms with E-state index in [1.165, 1.54) is 11.3 Å². The van der Waals surface area contributed by atoms with Gasteiger partial charge in [-0.25, -0.2) is 14.6 Å². The Morgan fingerprint density at radius 3 is 2.48 bits per heavy atom. The average molecular weight is 371 g/mol. The summed E-state index contributed by atoms with van der Waals surface area (Å²) in [4.78, 5) is 30.0. The standard InChI is InChI=1S/C18H30N2O4S/c1-8-23-16(21)13-11-25-15(19-13)10-9-14(12(2)3)20(7)17(22)24-18(4,5)6/h11-12,14H,8-10H2,1-7H3/t14-/m1/s1. The van der Waals surface area contributed by atoms with Crippen LogP contribution in [-0.2, 0) is 15.9 Å². The summed E-state index contributed by atoms with van der Waals surface area (Å²) in [6.07, 6.45) is 1.13. The van der Waals surface area contributed by atoms with Gasteiger partial charge in [-0.2, -0.15) is 0 Å². The third-order valence-corrected chi connectivity index (χ3v) is 4.55. The van der Waals surface area contributed by atoms with Crippen LogP contribution in [0.15, 0.2) is 5.38 Å². The lowest BCUT2D eigenvalue weighted by molar-refractivity contribution is 0.0170. The van der Waals surface area contributed by atoms with Gasteiger partial charge in [-0.3, -0.25) is 0 Å². The van der Waals surface area contributed by atoms with Crippen molar-refractivity contribution in [3.8, 4) is 0 Å². The third-order valence-electron chi connectivity index (χ3n) is 3.64. The predicted octanol–water partition coefficient (Wildman–Crippen LogP) is 4.14. The molecule has 1 rings (SSSR count). The molecule has 7 heteroatoms. The first-order valence-corrected chi connectivity index (χ1v) is 9.50. The van der Waals surface area contributed by atoms with Gasteiger partial charge in [-0.05, 0) is 40.0 Å². The number of thiazole rings is 1. The second kappa shape index (κ2) is 9.17. The van der Waals surface area contributed by atoms with Gasteiger partial charge in [-0.1, -0.05) is 13.8 Å². The second-order valence-corrected chi connectivity index (χ2v) is 8.23. The number of hydrogen-bond donors (Lipinski definition) is 0. The number of amides is 1. The molecule has 0 saturated heterocycles. The van der Waals surface area contributed by atoms with Crippen molar-refractivity contribution in [3.63, 3.8) is 0 Å². The van der Waals surface area contributed by atoms with Crippen LogP contribution < -0.4 is 0 Å². The maximum absolute atomic E-state index is 12.3. The monoisotopic (exact) mass is 370 g/mol. The minimum Gasteiger partial charge on any atom is -0.461 e. The molecule has 0 unspecified atom stereocenters. The lowest BCUT2D eigenvalue weighted by Gasteiger charge is -2.33. The van der Waals surface area contributed by atoms with E-state index in [0.29, 0.717) is 18.7 Å². The van der Waals surface area contributed by atoms with Crippen LogP contribution in [0.2, 0.25) is 0 Å². The van der Waals surface area contributed by atoms with Gasteiger partial charge in [0.05, 0.1) is 11.6 Å². The van der Waals surface area contributed by atoms with Crippen LogP contribution in [0.3, 0.4) is 0 Å². The molecule has 1 aromatic rings. The highest BCUT2D eigenvalue weighted by Crippen LogP contribution is 2.21. The Balaban J connectivity index is 2.70. The average Bonchev–Trinajstić information content (AvgIpc) is 2.94. The highest BCUT2D eigenvalue weighted by molar-refractivity contribution is 7.09. The summed E-state index contributed by atoms with van der Waals surface area (Å²) in [5.41, 5.74) is -0.167. The predicted molar refractivity (Wildman–Crippen MR) is 99.0 cm³/mol. The highest BCUT2D eigenvalue weighted by Gasteiger charge is 2.27. The smallest absolute Gasteiger partial charge is 0.410 e. The van der Waals surface area contributed by atoms with E-state index >= 15 is 0 Å². The van der Waals surface area contributed by atoms with E-state index in [-0.39, 0.29) is 18.1 Å². The SMILES string of the molecule is CCOC(=O)c1csc(CC[C@H](C(C)C)N(C)C(=O)OC(C)(C)C)n1. The summed E-state index contributed by atoms with van der Waals surface area (Å²) in [5, 5.41) is 2.58. The fraction of sp³-hybridized carbons (Fsp3) is 0.722. The van der Waals surface area contributed by atoms with Crippen molar-refractivity contribution < 1.29 is 19.1 Å². The number of rotatable bonds is 7. The van der Waals surface area contributed by atoms with Crippen molar-refractivity contribution in [3.05, 3.63) is 16.1 Å². The Bertz CT molecular complexity index is 578. The number of esters is 1. The van der Waals surface area contributed by atoms with E-state index in [4.69, 9.17) is 9.47 Å². The van der Waals surface area contributed by atoms with E-state index in [1.807, 2.05) is 20.8 Å². The molecular formula is C18H30N2O4S. The molecule has 0 N–H and O–H groups in total. The number of carbonyl (C=O) groups is 2. The molecule has 25 heavy (non-hydrogen) atoms. The second-order valence-electron chi connectivity index (χ2n) is 7.29. The Labute approximate surface area is 154 Å².